The average molecular weight is 231 g/mol. The predicted molar refractivity (Wildman–Crippen MR) is 65.5 cm³/mol. The molecule has 1 aliphatic heterocycles. The fourth-order valence-electron chi connectivity index (χ4n) is 2.43. The minimum absolute atomic E-state index is 0.749. The maximum atomic E-state index is 5.41. The van der Waals surface area contributed by atoms with Crippen molar-refractivity contribution >= 4 is 0 Å². The number of hydrogen-bond donors (Lipinski definition) is 1. The van der Waals surface area contributed by atoms with Crippen molar-refractivity contribution in [3.63, 3.8) is 0 Å². The number of piperidine rings is 1. The van der Waals surface area contributed by atoms with Gasteiger partial charge in [0.05, 0.1) is 6.26 Å². The summed E-state index contributed by atoms with van der Waals surface area (Å²) in [6.07, 6.45) is 8.07. The third-order valence-electron chi connectivity index (χ3n) is 3.37. The van der Waals surface area contributed by atoms with Crippen molar-refractivity contribution in [3.05, 3.63) is 30.8 Å². The fourth-order valence-corrected chi connectivity index (χ4v) is 2.43. The first-order valence-electron chi connectivity index (χ1n) is 6.19. The quantitative estimate of drug-likeness (QED) is 0.880. The van der Waals surface area contributed by atoms with E-state index >= 15 is 0 Å². The van der Waals surface area contributed by atoms with Crippen LogP contribution in [0.4, 0.5) is 0 Å². The lowest BCUT2D eigenvalue weighted by Crippen LogP contribution is -2.29. The molecule has 4 heteroatoms. The Hall–Kier alpha value is -1.55. The molecule has 1 fully saturated rings. The molecule has 0 aliphatic carbocycles. The van der Waals surface area contributed by atoms with Crippen molar-refractivity contribution in [2.24, 2.45) is 5.92 Å². The molecule has 3 rings (SSSR count). The molecular weight excluding hydrogens is 214 g/mol. The van der Waals surface area contributed by atoms with Gasteiger partial charge in [-0.1, -0.05) is 0 Å². The second-order valence-electron chi connectivity index (χ2n) is 4.57. The molecule has 1 aliphatic rings. The summed E-state index contributed by atoms with van der Waals surface area (Å²) in [5, 5.41) is 3.39. The van der Waals surface area contributed by atoms with Crippen molar-refractivity contribution in [1.82, 2.24) is 14.9 Å². The molecule has 0 bridgehead atoms. The van der Waals surface area contributed by atoms with E-state index in [0.717, 1.165) is 37.1 Å². The van der Waals surface area contributed by atoms with Crippen LogP contribution in [0, 0.1) is 5.92 Å². The van der Waals surface area contributed by atoms with Crippen LogP contribution in [0.5, 0.6) is 0 Å². The first kappa shape index (κ1) is 10.6. The third kappa shape index (κ3) is 2.26. The molecular formula is C13H17N3O. The number of nitrogens with zero attached hydrogens (tertiary/aromatic N) is 2. The van der Waals surface area contributed by atoms with Crippen LogP contribution >= 0.6 is 0 Å². The molecule has 0 unspecified atom stereocenters. The summed E-state index contributed by atoms with van der Waals surface area (Å²) in [5.74, 6) is 2.54. The van der Waals surface area contributed by atoms with Crippen LogP contribution in [0.25, 0.3) is 11.6 Å². The van der Waals surface area contributed by atoms with Crippen molar-refractivity contribution in [2.45, 2.75) is 19.4 Å². The largest absolute Gasteiger partial charge is 0.461 e. The number of nitrogens with one attached hydrogen (secondary N) is 1. The minimum atomic E-state index is 0.749. The van der Waals surface area contributed by atoms with Gasteiger partial charge in [-0.2, -0.15) is 0 Å². The molecule has 0 radical (unpaired) electrons. The zero-order valence-corrected chi connectivity index (χ0v) is 9.80. The van der Waals surface area contributed by atoms with Gasteiger partial charge in [0, 0.05) is 18.9 Å². The van der Waals surface area contributed by atoms with Crippen LogP contribution < -0.4 is 5.32 Å². The highest BCUT2D eigenvalue weighted by atomic mass is 16.3. The van der Waals surface area contributed by atoms with E-state index in [0.29, 0.717) is 0 Å². The Labute approximate surface area is 101 Å². The number of rotatable bonds is 3. The van der Waals surface area contributed by atoms with Gasteiger partial charge in [-0.3, -0.25) is 0 Å². The lowest BCUT2D eigenvalue weighted by Gasteiger charge is -2.23. The van der Waals surface area contributed by atoms with Gasteiger partial charge in [0.2, 0.25) is 0 Å². The Morgan fingerprint density at radius 2 is 2.29 bits per heavy atom. The highest BCUT2D eigenvalue weighted by Crippen LogP contribution is 2.21. The highest BCUT2D eigenvalue weighted by Gasteiger charge is 2.16. The smallest absolute Gasteiger partial charge is 0.176 e. The summed E-state index contributed by atoms with van der Waals surface area (Å²) in [7, 11) is 0. The Bertz CT molecular complexity index is 455. The van der Waals surface area contributed by atoms with E-state index in [2.05, 4.69) is 14.9 Å². The van der Waals surface area contributed by atoms with Crippen LogP contribution in [0.2, 0.25) is 0 Å². The van der Waals surface area contributed by atoms with Crippen molar-refractivity contribution < 1.29 is 4.42 Å². The van der Waals surface area contributed by atoms with Gasteiger partial charge in [-0.15, -0.1) is 0 Å². The number of furan rings is 1. The van der Waals surface area contributed by atoms with Crippen LogP contribution in [0.3, 0.4) is 0 Å². The molecule has 17 heavy (non-hydrogen) atoms. The van der Waals surface area contributed by atoms with Gasteiger partial charge in [-0.25, -0.2) is 4.98 Å². The van der Waals surface area contributed by atoms with Gasteiger partial charge in [0.25, 0.3) is 0 Å². The Kier molecular flexibility index (Phi) is 2.96. The van der Waals surface area contributed by atoms with Gasteiger partial charge in [0.15, 0.2) is 11.6 Å². The molecule has 90 valence electrons. The van der Waals surface area contributed by atoms with Crippen LogP contribution in [-0.2, 0) is 6.54 Å². The SMILES string of the molecule is c1coc(-c2nccn2CC2CCNCC2)c1. The second-order valence-corrected chi connectivity index (χ2v) is 4.57. The molecule has 1 saturated heterocycles. The number of hydrogen-bond acceptors (Lipinski definition) is 3. The third-order valence-corrected chi connectivity index (χ3v) is 3.37. The van der Waals surface area contributed by atoms with Gasteiger partial charge in [0.1, 0.15) is 0 Å². The van der Waals surface area contributed by atoms with E-state index in [-0.39, 0.29) is 0 Å². The second kappa shape index (κ2) is 4.75. The maximum Gasteiger partial charge on any atom is 0.176 e. The first-order chi connectivity index (χ1) is 8.43. The standard InChI is InChI=1S/C13H17N3O/c1-2-12(17-9-1)13-15-7-8-16(13)10-11-3-5-14-6-4-11/h1-2,7-9,11,14H,3-6,10H2. The fraction of sp³-hybridized carbons (Fsp3) is 0.462. The Morgan fingerprint density at radius 3 is 3.06 bits per heavy atom. The topological polar surface area (TPSA) is 43.0 Å². The Balaban J connectivity index is 1.77. The van der Waals surface area contributed by atoms with E-state index < -0.39 is 0 Å². The molecule has 3 heterocycles. The van der Waals surface area contributed by atoms with Crippen molar-refractivity contribution in [1.29, 1.82) is 0 Å². The molecule has 0 aromatic carbocycles. The molecule has 0 spiro atoms. The number of imidazole rings is 1. The van der Waals surface area contributed by atoms with E-state index in [1.807, 2.05) is 24.5 Å². The molecule has 0 amide bonds. The predicted octanol–water partition coefficient (Wildman–Crippen LogP) is 2.14. The zero-order valence-electron chi connectivity index (χ0n) is 9.80. The van der Waals surface area contributed by atoms with E-state index in [1.54, 1.807) is 6.26 Å². The van der Waals surface area contributed by atoms with Gasteiger partial charge >= 0.3 is 0 Å². The lowest BCUT2D eigenvalue weighted by molar-refractivity contribution is 0.333. The monoisotopic (exact) mass is 231 g/mol. The molecule has 0 saturated carbocycles. The first-order valence-corrected chi connectivity index (χ1v) is 6.19. The molecule has 4 nitrogen and oxygen atoms in total. The molecule has 2 aromatic rings. The summed E-state index contributed by atoms with van der Waals surface area (Å²) < 4.78 is 7.62. The molecule has 2 aromatic heterocycles. The van der Waals surface area contributed by atoms with E-state index in [1.165, 1.54) is 12.8 Å². The van der Waals surface area contributed by atoms with Crippen molar-refractivity contribution in [2.75, 3.05) is 13.1 Å². The van der Waals surface area contributed by atoms with Gasteiger partial charge in [-0.05, 0) is 44.0 Å². The maximum absolute atomic E-state index is 5.41. The van der Waals surface area contributed by atoms with Crippen LogP contribution in [0.1, 0.15) is 12.8 Å². The van der Waals surface area contributed by atoms with Gasteiger partial charge < -0.3 is 14.3 Å². The summed E-state index contributed by atoms with van der Waals surface area (Å²) in [5.41, 5.74) is 0. The summed E-state index contributed by atoms with van der Waals surface area (Å²) >= 11 is 0. The summed E-state index contributed by atoms with van der Waals surface area (Å²) in [6, 6.07) is 3.86. The van der Waals surface area contributed by atoms with Crippen molar-refractivity contribution in [3.8, 4) is 11.6 Å². The molecule has 1 N–H and O–H groups in total. The highest BCUT2D eigenvalue weighted by molar-refractivity contribution is 5.46. The molecule has 0 atom stereocenters. The van der Waals surface area contributed by atoms with E-state index in [4.69, 9.17) is 4.42 Å². The number of aromatic nitrogens is 2. The van der Waals surface area contributed by atoms with E-state index in [9.17, 15) is 0 Å². The van der Waals surface area contributed by atoms with Crippen LogP contribution in [-0.4, -0.2) is 22.6 Å². The average Bonchev–Trinajstić information content (AvgIpc) is 3.00. The zero-order chi connectivity index (χ0) is 11.5. The normalized spacial score (nSPS) is 17.4. The summed E-state index contributed by atoms with van der Waals surface area (Å²) in [4.78, 5) is 4.38. The minimum Gasteiger partial charge on any atom is -0.461 e. The Morgan fingerprint density at radius 1 is 1.41 bits per heavy atom. The lowest BCUT2D eigenvalue weighted by atomic mass is 9.98. The summed E-state index contributed by atoms with van der Waals surface area (Å²) in [6.45, 7) is 3.31. The van der Waals surface area contributed by atoms with Crippen LogP contribution in [0.15, 0.2) is 35.2 Å².